The van der Waals surface area contributed by atoms with E-state index in [4.69, 9.17) is 23.7 Å². The summed E-state index contributed by atoms with van der Waals surface area (Å²) in [6.07, 6.45) is 3.78. The molecule has 0 fully saturated rings. The van der Waals surface area contributed by atoms with Crippen LogP contribution in [0.4, 0.5) is 0 Å². The first-order chi connectivity index (χ1) is 12.3. The van der Waals surface area contributed by atoms with Crippen LogP contribution in [0.3, 0.4) is 0 Å². The third-order valence-electron chi connectivity index (χ3n) is 3.49. The Kier molecular flexibility index (Phi) is 7.85. The molecule has 136 valence electrons. The lowest BCUT2D eigenvalue weighted by Gasteiger charge is -2.11. The molecule has 0 atom stereocenters. The Morgan fingerprint density at radius 2 is 1.64 bits per heavy atom. The van der Waals surface area contributed by atoms with E-state index >= 15 is 0 Å². The van der Waals surface area contributed by atoms with Gasteiger partial charge < -0.3 is 23.7 Å². The Labute approximate surface area is 147 Å². The lowest BCUT2D eigenvalue weighted by molar-refractivity contribution is 0.217. The van der Waals surface area contributed by atoms with Gasteiger partial charge in [-0.1, -0.05) is 12.1 Å². The van der Waals surface area contributed by atoms with Crippen LogP contribution in [-0.2, 0) is 6.61 Å². The molecular formula is C19H24O6. The molecule has 0 saturated carbocycles. The largest absolute Gasteiger partial charge is 0.490 e. The lowest BCUT2D eigenvalue weighted by Crippen LogP contribution is -2.11. The molecule has 0 radical (unpaired) electrons. The molecule has 2 aromatic rings. The number of para-hydroxylation sites is 2. The van der Waals surface area contributed by atoms with Crippen molar-refractivity contribution >= 4 is 0 Å². The Bertz CT molecular complexity index is 694. The molecule has 0 amide bonds. The van der Waals surface area contributed by atoms with Gasteiger partial charge in [0.25, 0.3) is 0 Å². The minimum atomic E-state index is -0.363. The van der Waals surface area contributed by atoms with E-state index in [-0.39, 0.29) is 23.5 Å². The van der Waals surface area contributed by atoms with Crippen molar-refractivity contribution in [3.8, 4) is 17.2 Å². The van der Waals surface area contributed by atoms with Gasteiger partial charge in [0.1, 0.15) is 6.61 Å². The Balaban J connectivity index is 1.67. The SMILES string of the molecule is CCOc1ccccc1OCCCCCOc1c(CO)occc1=O. The third-order valence-corrected chi connectivity index (χ3v) is 3.49. The van der Waals surface area contributed by atoms with Gasteiger partial charge in [0.15, 0.2) is 17.3 Å². The van der Waals surface area contributed by atoms with E-state index in [1.165, 1.54) is 12.3 Å². The molecule has 6 heteroatoms. The zero-order valence-corrected chi connectivity index (χ0v) is 14.4. The number of hydrogen-bond acceptors (Lipinski definition) is 6. The summed E-state index contributed by atoms with van der Waals surface area (Å²) in [6.45, 7) is 3.14. The zero-order valence-electron chi connectivity index (χ0n) is 14.4. The number of ether oxygens (including phenoxy) is 3. The molecule has 1 N–H and O–H groups in total. The van der Waals surface area contributed by atoms with Gasteiger partial charge in [0, 0.05) is 6.07 Å². The van der Waals surface area contributed by atoms with Crippen molar-refractivity contribution in [2.45, 2.75) is 32.8 Å². The molecule has 0 aliphatic rings. The van der Waals surface area contributed by atoms with Crippen LogP contribution in [0.1, 0.15) is 31.9 Å². The molecule has 25 heavy (non-hydrogen) atoms. The van der Waals surface area contributed by atoms with Crippen LogP contribution >= 0.6 is 0 Å². The smallest absolute Gasteiger partial charge is 0.227 e. The van der Waals surface area contributed by atoms with Crippen LogP contribution < -0.4 is 19.6 Å². The Morgan fingerprint density at radius 1 is 0.960 bits per heavy atom. The van der Waals surface area contributed by atoms with E-state index in [9.17, 15) is 4.79 Å². The summed E-state index contributed by atoms with van der Waals surface area (Å²) in [5.74, 6) is 1.74. The average Bonchev–Trinajstić information content (AvgIpc) is 2.63. The van der Waals surface area contributed by atoms with E-state index in [0.717, 1.165) is 30.8 Å². The van der Waals surface area contributed by atoms with Crippen molar-refractivity contribution in [2.75, 3.05) is 19.8 Å². The number of hydrogen-bond donors (Lipinski definition) is 1. The van der Waals surface area contributed by atoms with Gasteiger partial charge in [0.05, 0.1) is 26.1 Å². The summed E-state index contributed by atoms with van der Waals surface area (Å²) >= 11 is 0. The fourth-order valence-corrected chi connectivity index (χ4v) is 2.29. The predicted molar refractivity (Wildman–Crippen MR) is 93.4 cm³/mol. The van der Waals surface area contributed by atoms with Gasteiger partial charge in [0.2, 0.25) is 11.2 Å². The van der Waals surface area contributed by atoms with Crippen molar-refractivity contribution in [3.05, 3.63) is 52.6 Å². The normalized spacial score (nSPS) is 10.5. The molecule has 0 spiro atoms. The Morgan fingerprint density at radius 3 is 2.32 bits per heavy atom. The molecular weight excluding hydrogens is 324 g/mol. The number of rotatable bonds is 11. The van der Waals surface area contributed by atoms with Crippen LogP contribution in [0.5, 0.6) is 17.2 Å². The van der Waals surface area contributed by atoms with E-state index in [2.05, 4.69) is 0 Å². The summed E-state index contributed by atoms with van der Waals surface area (Å²) in [7, 11) is 0. The molecule has 1 aromatic heterocycles. The minimum absolute atomic E-state index is 0.0897. The van der Waals surface area contributed by atoms with Crippen LogP contribution in [0.15, 0.2) is 45.8 Å². The first-order valence-electron chi connectivity index (χ1n) is 8.45. The van der Waals surface area contributed by atoms with Crippen LogP contribution in [-0.4, -0.2) is 24.9 Å². The van der Waals surface area contributed by atoms with Gasteiger partial charge in [-0.25, -0.2) is 0 Å². The van der Waals surface area contributed by atoms with Gasteiger partial charge in [-0.05, 0) is 38.3 Å². The molecule has 2 rings (SSSR count). The van der Waals surface area contributed by atoms with Gasteiger partial charge in [-0.15, -0.1) is 0 Å². The van der Waals surface area contributed by atoms with Gasteiger partial charge in [-0.3, -0.25) is 4.79 Å². The van der Waals surface area contributed by atoms with E-state index in [0.29, 0.717) is 19.8 Å². The third kappa shape index (κ3) is 5.83. The first kappa shape index (κ1) is 18.9. The minimum Gasteiger partial charge on any atom is -0.490 e. The fraction of sp³-hybridized carbons (Fsp3) is 0.421. The van der Waals surface area contributed by atoms with E-state index < -0.39 is 0 Å². The van der Waals surface area contributed by atoms with Crippen molar-refractivity contribution in [1.29, 1.82) is 0 Å². The summed E-state index contributed by atoms with van der Waals surface area (Å²) in [6, 6.07) is 8.88. The second kappa shape index (κ2) is 10.4. The molecule has 0 saturated heterocycles. The van der Waals surface area contributed by atoms with Crippen molar-refractivity contribution in [3.63, 3.8) is 0 Å². The lowest BCUT2D eigenvalue weighted by atomic mass is 10.2. The Hall–Kier alpha value is -2.47. The van der Waals surface area contributed by atoms with Crippen molar-refractivity contribution in [2.24, 2.45) is 0 Å². The molecule has 0 aliphatic heterocycles. The van der Waals surface area contributed by atoms with Crippen LogP contribution in [0.2, 0.25) is 0 Å². The maximum absolute atomic E-state index is 11.7. The summed E-state index contributed by atoms with van der Waals surface area (Å²) in [4.78, 5) is 11.7. The summed E-state index contributed by atoms with van der Waals surface area (Å²) in [5.41, 5.74) is -0.286. The topological polar surface area (TPSA) is 78.1 Å². The second-order valence-electron chi connectivity index (χ2n) is 5.33. The standard InChI is InChI=1S/C19H24O6/c1-2-22-16-8-4-5-9-17(16)23-11-6-3-7-12-25-19-15(21)10-13-24-18(19)14-20/h4-5,8-10,13,20H,2-3,6-7,11-12,14H2,1H3. The van der Waals surface area contributed by atoms with Crippen LogP contribution in [0.25, 0.3) is 0 Å². The number of aliphatic hydroxyl groups is 1. The van der Waals surface area contributed by atoms with Crippen LogP contribution in [0, 0.1) is 0 Å². The summed E-state index contributed by atoms with van der Waals surface area (Å²) < 4.78 is 21.8. The fourth-order valence-electron chi connectivity index (χ4n) is 2.29. The highest BCUT2D eigenvalue weighted by atomic mass is 16.5. The zero-order chi connectivity index (χ0) is 17.9. The van der Waals surface area contributed by atoms with E-state index in [1.54, 1.807) is 0 Å². The van der Waals surface area contributed by atoms with Gasteiger partial charge >= 0.3 is 0 Å². The highest BCUT2D eigenvalue weighted by Crippen LogP contribution is 2.26. The highest BCUT2D eigenvalue weighted by Gasteiger charge is 2.09. The maximum atomic E-state index is 11.7. The quantitative estimate of drug-likeness (QED) is 0.629. The number of benzene rings is 1. The first-order valence-corrected chi connectivity index (χ1v) is 8.45. The van der Waals surface area contributed by atoms with Gasteiger partial charge in [-0.2, -0.15) is 0 Å². The second-order valence-corrected chi connectivity index (χ2v) is 5.33. The molecule has 6 nitrogen and oxygen atoms in total. The summed E-state index contributed by atoms with van der Waals surface area (Å²) in [5, 5.41) is 9.14. The van der Waals surface area contributed by atoms with E-state index in [1.807, 2.05) is 31.2 Å². The monoisotopic (exact) mass is 348 g/mol. The molecule has 1 heterocycles. The molecule has 0 bridgehead atoms. The highest BCUT2D eigenvalue weighted by molar-refractivity contribution is 5.39. The average molecular weight is 348 g/mol. The number of unbranched alkanes of at least 4 members (excludes halogenated alkanes) is 2. The maximum Gasteiger partial charge on any atom is 0.227 e. The van der Waals surface area contributed by atoms with Crippen molar-refractivity contribution in [1.82, 2.24) is 0 Å². The molecule has 0 unspecified atom stereocenters. The van der Waals surface area contributed by atoms with Crippen molar-refractivity contribution < 1.29 is 23.7 Å². The predicted octanol–water partition coefficient (Wildman–Crippen LogP) is 3.16. The molecule has 0 aliphatic carbocycles. The molecule has 1 aromatic carbocycles. The number of aliphatic hydroxyl groups excluding tert-OH is 1.